The molecule has 80 valence electrons. The highest BCUT2D eigenvalue weighted by molar-refractivity contribution is 7.80. The van der Waals surface area contributed by atoms with Crippen LogP contribution in [-0.2, 0) is 0 Å². The van der Waals surface area contributed by atoms with Gasteiger partial charge in [-0.15, -0.1) is 0 Å². The highest BCUT2D eigenvalue weighted by atomic mass is 35.5. The maximum atomic E-state index is 11.6. The quantitative estimate of drug-likeness (QED) is 0.794. The van der Waals surface area contributed by atoms with Crippen LogP contribution in [0.15, 0.2) is 24.3 Å². The maximum absolute atomic E-state index is 11.6. The van der Waals surface area contributed by atoms with Crippen LogP contribution in [0.3, 0.4) is 0 Å². The Bertz CT molecular complexity index is 395. The van der Waals surface area contributed by atoms with Crippen molar-refractivity contribution in [3.05, 3.63) is 34.9 Å². The van der Waals surface area contributed by atoms with Crippen LogP contribution < -0.4 is 11.1 Å². The van der Waals surface area contributed by atoms with Gasteiger partial charge in [0, 0.05) is 10.6 Å². The second kappa shape index (κ2) is 5.09. The van der Waals surface area contributed by atoms with E-state index in [-0.39, 0.29) is 16.9 Å². The van der Waals surface area contributed by atoms with Gasteiger partial charge in [0.15, 0.2) is 0 Å². The van der Waals surface area contributed by atoms with Gasteiger partial charge in [-0.1, -0.05) is 29.9 Å². The summed E-state index contributed by atoms with van der Waals surface area (Å²) in [4.78, 5) is 11.9. The van der Waals surface area contributed by atoms with Gasteiger partial charge in [0.05, 0.1) is 11.0 Å². The summed E-state index contributed by atoms with van der Waals surface area (Å²) in [7, 11) is 0. The molecular weight excluding hydrogens is 232 g/mol. The number of carbonyl (C=O) groups excluding carboxylic acids is 1. The first kappa shape index (κ1) is 11.9. The van der Waals surface area contributed by atoms with Gasteiger partial charge >= 0.3 is 0 Å². The Kier molecular flexibility index (Phi) is 4.05. The summed E-state index contributed by atoms with van der Waals surface area (Å²) in [5.74, 6) is -0.238. The van der Waals surface area contributed by atoms with Crippen molar-refractivity contribution in [2.75, 3.05) is 0 Å². The molecule has 0 saturated heterocycles. The third-order valence-corrected chi connectivity index (χ3v) is 2.45. The zero-order valence-corrected chi connectivity index (χ0v) is 9.73. The Morgan fingerprint density at radius 1 is 1.60 bits per heavy atom. The fourth-order valence-electron chi connectivity index (χ4n) is 0.981. The van der Waals surface area contributed by atoms with Crippen molar-refractivity contribution in [2.24, 2.45) is 5.73 Å². The molecule has 0 radical (unpaired) electrons. The SMILES string of the molecule is CC(NC(=O)c1cccc(Cl)c1)C(N)=S. The molecule has 0 aromatic heterocycles. The fourth-order valence-corrected chi connectivity index (χ4v) is 1.23. The van der Waals surface area contributed by atoms with Crippen molar-refractivity contribution >= 4 is 34.7 Å². The van der Waals surface area contributed by atoms with E-state index in [1.54, 1.807) is 31.2 Å². The zero-order valence-electron chi connectivity index (χ0n) is 8.16. The Morgan fingerprint density at radius 3 is 2.80 bits per heavy atom. The topological polar surface area (TPSA) is 55.1 Å². The van der Waals surface area contributed by atoms with E-state index in [4.69, 9.17) is 29.6 Å². The Labute approximate surface area is 98.6 Å². The number of nitrogens with two attached hydrogens (primary N) is 1. The number of rotatable bonds is 3. The highest BCUT2D eigenvalue weighted by Crippen LogP contribution is 2.10. The number of nitrogens with one attached hydrogen (secondary N) is 1. The largest absolute Gasteiger partial charge is 0.392 e. The minimum Gasteiger partial charge on any atom is -0.392 e. The van der Waals surface area contributed by atoms with Crippen molar-refractivity contribution in [3.63, 3.8) is 0 Å². The van der Waals surface area contributed by atoms with Crippen LogP contribution in [0.5, 0.6) is 0 Å². The van der Waals surface area contributed by atoms with Gasteiger partial charge in [0.25, 0.3) is 5.91 Å². The van der Waals surface area contributed by atoms with E-state index in [1.807, 2.05) is 0 Å². The summed E-state index contributed by atoms with van der Waals surface area (Å²) in [6, 6.07) is 6.35. The van der Waals surface area contributed by atoms with Crippen molar-refractivity contribution in [2.45, 2.75) is 13.0 Å². The van der Waals surface area contributed by atoms with Crippen molar-refractivity contribution in [1.82, 2.24) is 5.32 Å². The molecule has 0 fully saturated rings. The average Bonchev–Trinajstić information content (AvgIpc) is 2.17. The number of hydrogen-bond acceptors (Lipinski definition) is 2. The average molecular weight is 243 g/mol. The van der Waals surface area contributed by atoms with Gasteiger partial charge < -0.3 is 11.1 Å². The molecule has 1 rings (SSSR count). The first-order valence-electron chi connectivity index (χ1n) is 4.36. The minimum absolute atomic E-state index is 0.238. The fraction of sp³-hybridized carbons (Fsp3) is 0.200. The maximum Gasteiger partial charge on any atom is 0.251 e. The number of carbonyl (C=O) groups is 1. The minimum atomic E-state index is -0.327. The lowest BCUT2D eigenvalue weighted by Gasteiger charge is -2.11. The van der Waals surface area contributed by atoms with Crippen LogP contribution in [0.2, 0.25) is 5.02 Å². The summed E-state index contributed by atoms with van der Waals surface area (Å²) in [6.45, 7) is 1.73. The second-order valence-electron chi connectivity index (χ2n) is 3.11. The molecule has 0 aliphatic carbocycles. The molecule has 0 aliphatic heterocycles. The predicted octanol–water partition coefficient (Wildman–Crippen LogP) is 1.74. The molecular formula is C10H11ClN2OS. The summed E-state index contributed by atoms with van der Waals surface area (Å²) < 4.78 is 0. The highest BCUT2D eigenvalue weighted by Gasteiger charge is 2.11. The molecule has 0 saturated carbocycles. The van der Waals surface area contributed by atoms with Gasteiger partial charge in [0.2, 0.25) is 0 Å². The van der Waals surface area contributed by atoms with Crippen molar-refractivity contribution in [1.29, 1.82) is 0 Å². The molecule has 0 heterocycles. The number of hydrogen-bond donors (Lipinski definition) is 2. The van der Waals surface area contributed by atoms with Gasteiger partial charge in [-0.3, -0.25) is 4.79 Å². The molecule has 0 aliphatic rings. The Morgan fingerprint density at radius 2 is 2.27 bits per heavy atom. The monoisotopic (exact) mass is 242 g/mol. The van der Waals surface area contributed by atoms with Gasteiger partial charge in [-0.25, -0.2) is 0 Å². The van der Waals surface area contributed by atoms with E-state index in [2.05, 4.69) is 5.32 Å². The number of amides is 1. The summed E-state index contributed by atoms with van der Waals surface area (Å²) in [6.07, 6.45) is 0. The lowest BCUT2D eigenvalue weighted by molar-refractivity contribution is 0.0949. The molecule has 1 amide bonds. The summed E-state index contributed by atoms with van der Waals surface area (Å²) >= 11 is 10.5. The Hall–Kier alpha value is -1.13. The van der Waals surface area contributed by atoms with E-state index in [0.29, 0.717) is 10.6 Å². The van der Waals surface area contributed by atoms with Crippen LogP contribution in [0.1, 0.15) is 17.3 Å². The number of benzene rings is 1. The molecule has 1 unspecified atom stereocenters. The third-order valence-electron chi connectivity index (χ3n) is 1.86. The van der Waals surface area contributed by atoms with E-state index >= 15 is 0 Å². The molecule has 3 N–H and O–H groups in total. The van der Waals surface area contributed by atoms with Crippen molar-refractivity contribution < 1.29 is 4.79 Å². The molecule has 1 aromatic carbocycles. The second-order valence-corrected chi connectivity index (χ2v) is 4.02. The first-order chi connectivity index (χ1) is 7.00. The molecule has 0 spiro atoms. The molecule has 1 atom stereocenters. The van der Waals surface area contributed by atoms with Crippen LogP contribution in [0, 0.1) is 0 Å². The number of halogens is 1. The zero-order chi connectivity index (χ0) is 11.4. The molecule has 1 aromatic rings. The lowest BCUT2D eigenvalue weighted by Crippen LogP contribution is -2.41. The lowest BCUT2D eigenvalue weighted by atomic mass is 10.2. The van der Waals surface area contributed by atoms with Crippen LogP contribution in [0.4, 0.5) is 0 Å². The molecule has 3 nitrogen and oxygen atoms in total. The van der Waals surface area contributed by atoms with Crippen LogP contribution in [0.25, 0.3) is 0 Å². The van der Waals surface area contributed by atoms with E-state index in [1.165, 1.54) is 0 Å². The standard InChI is InChI=1S/C10H11ClN2OS/c1-6(9(12)15)13-10(14)7-3-2-4-8(11)5-7/h2-6H,1H3,(H2,12,15)(H,13,14). The molecule has 0 bridgehead atoms. The normalized spacial score (nSPS) is 11.9. The van der Waals surface area contributed by atoms with Gasteiger partial charge in [0.1, 0.15) is 0 Å². The van der Waals surface area contributed by atoms with E-state index in [9.17, 15) is 4.79 Å². The third kappa shape index (κ3) is 3.49. The van der Waals surface area contributed by atoms with Crippen LogP contribution in [-0.4, -0.2) is 16.9 Å². The summed E-state index contributed by atoms with van der Waals surface area (Å²) in [5.41, 5.74) is 5.87. The smallest absolute Gasteiger partial charge is 0.251 e. The van der Waals surface area contributed by atoms with E-state index in [0.717, 1.165) is 0 Å². The molecule has 5 heteroatoms. The number of thiocarbonyl (C=S) groups is 1. The Balaban J connectivity index is 2.73. The summed E-state index contributed by atoms with van der Waals surface area (Å²) in [5, 5.41) is 3.18. The van der Waals surface area contributed by atoms with E-state index < -0.39 is 0 Å². The van der Waals surface area contributed by atoms with Crippen LogP contribution >= 0.6 is 23.8 Å². The predicted molar refractivity (Wildman–Crippen MR) is 65.2 cm³/mol. The van der Waals surface area contributed by atoms with Crippen molar-refractivity contribution in [3.8, 4) is 0 Å². The van der Waals surface area contributed by atoms with Gasteiger partial charge in [-0.2, -0.15) is 0 Å². The van der Waals surface area contributed by atoms with Gasteiger partial charge in [-0.05, 0) is 25.1 Å². The molecule has 15 heavy (non-hydrogen) atoms. The first-order valence-corrected chi connectivity index (χ1v) is 5.15.